The van der Waals surface area contributed by atoms with Crippen molar-refractivity contribution in [1.82, 2.24) is 34.8 Å². The quantitative estimate of drug-likeness (QED) is 0.365. The van der Waals surface area contributed by atoms with Gasteiger partial charge in [0.05, 0.1) is 23.3 Å². The summed E-state index contributed by atoms with van der Waals surface area (Å²) in [6, 6.07) is 16.6. The molecule has 1 aliphatic heterocycles. The number of nitrogens with zero attached hydrogens (tertiary/aromatic N) is 6. The van der Waals surface area contributed by atoms with Crippen LogP contribution in [0.2, 0.25) is 0 Å². The minimum atomic E-state index is -0.817. The van der Waals surface area contributed by atoms with Gasteiger partial charge in [-0.1, -0.05) is 48.4 Å². The van der Waals surface area contributed by atoms with E-state index in [0.717, 1.165) is 27.7 Å². The van der Waals surface area contributed by atoms with Crippen molar-refractivity contribution < 1.29 is 9.59 Å². The van der Waals surface area contributed by atoms with E-state index < -0.39 is 11.9 Å². The molecule has 10 nitrogen and oxygen atoms in total. The molecule has 188 valence electrons. The van der Waals surface area contributed by atoms with Crippen LogP contribution in [0.4, 0.5) is 5.69 Å². The Hall–Kier alpha value is -5.17. The van der Waals surface area contributed by atoms with Crippen LogP contribution in [-0.4, -0.2) is 54.4 Å². The van der Waals surface area contributed by atoms with Gasteiger partial charge in [-0.2, -0.15) is 5.10 Å². The summed E-state index contributed by atoms with van der Waals surface area (Å²) < 4.78 is 3.68. The maximum Gasteiger partial charge on any atom is 0.291 e. The van der Waals surface area contributed by atoms with Crippen LogP contribution in [0, 0.1) is 11.8 Å². The second-order valence-electron chi connectivity index (χ2n) is 9.18. The van der Waals surface area contributed by atoms with Crippen molar-refractivity contribution in [2.45, 2.75) is 19.0 Å². The van der Waals surface area contributed by atoms with Crippen molar-refractivity contribution in [1.29, 1.82) is 0 Å². The highest BCUT2D eigenvalue weighted by Gasteiger charge is 2.32. The SMILES string of the molecule is CN1C(=O)[C@@H](NC(=O)c2n[nH]c(Cc3ccccc3)n2)Cn2cc(C#Cc3ccn(C)n3)c3cccc1c32. The van der Waals surface area contributed by atoms with E-state index in [1.807, 2.05) is 78.6 Å². The predicted octanol–water partition coefficient (Wildman–Crippen LogP) is 2.26. The molecule has 0 saturated heterocycles. The summed E-state index contributed by atoms with van der Waals surface area (Å²) in [5, 5.41) is 15.0. The molecule has 10 heteroatoms. The lowest BCUT2D eigenvalue weighted by atomic mass is 10.1. The minimum Gasteiger partial charge on any atom is -0.342 e. The Balaban J connectivity index is 1.27. The first kappa shape index (κ1) is 23.2. The first-order chi connectivity index (χ1) is 18.5. The normalized spacial score (nSPS) is 14.7. The number of anilines is 1. The Labute approximate surface area is 218 Å². The zero-order valence-corrected chi connectivity index (χ0v) is 20.8. The molecule has 2 aromatic carbocycles. The van der Waals surface area contributed by atoms with Crippen LogP contribution in [0.25, 0.3) is 10.9 Å². The van der Waals surface area contributed by atoms with E-state index in [-0.39, 0.29) is 18.3 Å². The van der Waals surface area contributed by atoms with Crippen molar-refractivity contribution in [2.75, 3.05) is 11.9 Å². The smallest absolute Gasteiger partial charge is 0.291 e. The van der Waals surface area contributed by atoms with E-state index in [1.165, 1.54) is 0 Å². The van der Waals surface area contributed by atoms with Crippen LogP contribution in [0.5, 0.6) is 0 Å². The topological polar surface area (TPSA) is 114 Å². The van der Waals surface area contributed by atoms with Gasteiger partial charge in [-0.05, 0) is 23.6 Å². The molecule has 0 bridgehead atoms. The van der Waals surface area contributed by atoms with Gasteiger partial charge in [0, 0.05) is 38.3 Å². The molecule has 38 heavy (non-hydrogen) atoms. The zero-order valence-electron chi connectivity index (χ0n) is 20.8. The van der Waals surface area contributed by atoms with Crippen molar-refractivity contribution in [3.63, 3.8) is 0 Å². The number of nitrogens with one attached hydrogen (secondary N) is 2. The third-order valence-electron chi connectivity index (χ3n) is 6.54. The molecule has 0 spiro atoms. The van der Waals surface area contributed by atoms with Gasteiger partial charge in [-0.15, -0.1) is 5.10 Å². The fraction of sp³-hybridized carbons (Fsp3) is 0.179. The van der Waals surface area contributed by atoms with Crippen molar-refractivity contribution in [2.24, 2.45) is 7.05 Å². The number of likely N-dealkylation sites (N-methyl/N-ethyl adjacent to an activating group) is 1. The molecule has 1 aliphatic rings. The number of para-hydroxylation sites is 1. The van der Waals surface area contributed by atoms with Gasteiger partial charge in [0.15, 0.2) is 0 Å². The molecule has 2 N–H and O–H groups in total. The molecule has 5 aromatic rings. The number of rotatable bonds is 4. The lowest BCUT2D eigenvalue weighted by Gasteiger charge is -2.21. The van der Waals surface area contributed by atoms with E-state index in [1.54, 1.807) is 16.6 Å². The van der Waals surface area contributed by atoms with E-state index in [4.69, 9.17) is 0 Å². The number of carbonyl (C=O) groups is 2. The standard InChI is InChI=1S/C28H24N8O2/c1-34-14-13-20(33-34)12-11-19-16-36-17-22(28(38)35(2)23-10-6-9-21(19)25(23)36)29-27(37)26-30-24(31-32-26)15-18-7-4-3-5-8-18/h3-10,13-14,16,22H,15,17H2,1-2H3,(H,29,37)(H,30,31,32)/t22-/m0/s1. The number of aromatic nitrogens is 6. The molecule has 0 saturated carbocycles. The molecule has 4 heterocycles. The monoisotopic (exact) mass is 504 g/mol. The van der Waals surface area contributed by atoms with Crippen LogP contribution in [0.3, 0.4) is 0 Å². The predicted molar refractivity (Wildman–Crippen MR) is 141 cm³/mol. The fourth-order valence-electron chi connectivity index (χ4n) is 4.69. The second kappa shape index (κ2) is 9.37. The largest absolute Gasteiger partial charge is 0.342 e. The number of amides is 2. The Morgan fingerprint density at radius 1 is 1.11 bits per heavy atom. The average Bonchev–Trinajstić information content (AvgIpc) is 3.64. The van der Waals surface area contributed by atoms with E-state index in [2.05, 4.69) is 37.4 Å². The summed E-state index contributed by atoms with van der Waals surface area (Å²) in [6.45, 7) is 0.245. The lowest BCUT2D eigenvalue weighted by Crippen LogP contribution is -2.48. The molecule has 0 aliphatic carbocycles. The van der Waals surface area contributed by atoms with Crippen LogP contribution < -0.4 is 10.2 Å². The molecule has 1 atom stereocenters. The van der Waals surface area contributed by atoms with Crippen LogP contribution in [0.15, 0.2) is 67.0 Å². The van der Waals surface area contributed by atoms with Crippen molar-refractivity contribution in [3.05, 3.63) is 95.5 Å². The molecular weight excluding hydrogens is 480 g/mol. The summed E-state index contributed by atoms with van der Waals surface area (Å²) in [5.41, 5.74) is 4.17. The molecule has 0 fully saturated rings. The first-order valence-electron chi connectivity index (χ1n) is 12.1. The molecule has 6 rings (SSSR count). The van der Waals surface area contributed by atoms with Crippen LogP contribution in [-0.2, 0) is 24.8 Å². The number of hydrogen-bond donors (Lipinski definition) is 2. The highest BCUT2D eigenvalue weighted by atomic mass is 16.2. The summed E-state index contributed by atoms with van der Waals surface area (Å²) in [5.74, 6) is 6.14. The number of hydrogen-bond acceptors (Lipinski definition) is 5. The number of aryl methyl sites for hydroxylation is 1. The van der Waals surface area contributed by atoms with Crippen LogP contribution >= 0.6 is 0 Å². The third kappa shape index (κ3) is 4.30. The summed E-state index contributed by atoms with van der Waals surface area (Å²) >= 11 is 0. The number of benzene rings is 2. The van der Waals surface area contributed by atoms with Gasteiger partial charge in [0.1, 0.15) is 17.6 Å². The summed E-state index contributed by atoms with van der Waals surface area (Å²) in [6.07, 6.45) is 4.28. The van der Waals surface area contributed by atoms with Gasteiger partial charge in [0.25, 0.3) is 11.8 Å². The van der Waals surface area contributed by atoms with E-state index >= 15 is 0 Å². The summed E-state index contributed by atoms with van der Waals surface area (Å²) in [4.78, 5) is 32.3. The lowest BCUT2D eigenvalue weighted by molar-refractivity contribution is -0.120. The van der Waals surface area contributed by atoms with Gasteiger partial charge in [-0.25, -0.2) is 4.98 Å². The number of carbonyl (C=O) groups excluding carboxylic acids is 2. The van der Waals surface area contributed by atoms with E-state index in [0.29, 0.717) is 17.9 Å². The first-order valence-corrected chi connectivity index (χ1v) is 12.1. The zero-order chi connectivity index (χ0) is 26.2. The molecule has 0 unspecified atom stereocenters. The Morgan fingerprint density at radius 2 is 1.95 bits per heavy atom. The Bertz CT molecular complexity index is 1730. The van der Waals surface area contributed by atoms with Crippen molar-refractivity contribution in [3.8, 4) is 11.8 Å². The Morgan fingerprint density at radius 3 is 2.74 bits per heavy atom. The fourth-order valence-corrected chi connectivity index (χ4v) is 4.69. The second-order valence-corrected chi connectivity index (χ2v) is 9.18. The average molecular weight is 505 g/mol. The maximum absolute atomic E-state index is 13.4. The third-order valence-corrected chi connectivity index (χ3v) is 6.54. The molecule has 0 radical (unpaired) electrons. The summed E-state index contributed by atoms with van der Waals surface area (Å²) in [7, 11) is 3.56. The Kier molecular flexibility index (Phi) is 5.73. The maximum atomic E-state index is 13.4. The van der Waals surface area contributed by atoms with Gasteiger partial charge < -0.3 is 14.8 Å². The van der Waals surface area contributed by atoms with Gasteiger partial charge in [0.2, 0.25) is 5.82 Å². The van der Waals surface area contributed by atoms with Crippen LogP contribution in [0.1, 0.15) is 33.3 Å². The van der Waals surface area contributed by atoms with Crippen molar-refractivity contribution >= 4 is 28.4 Å². The molecular formula is C28H24N8O2. The highest BCUT2D eigenvalue weighted by molar-refractivity contribution is 6.08. The van der Waals surface area contributed by atoms with Gasteiger partial charge in [-0.3, -0.25) is 19.4 Å². The minimum absolute atomic E-state index is 0.00675. The number of aromatic amines is 1. The highest BCUT2D eigenvalue weighted by Crippen LogP contribution is 2.32. The molecule has 2 amide bonds. The van der Waals surface area contributed by atoms with E-state index in [9.17, 15) is 9.59 Å². The number of H-pyrrole nitrogens is 1. The van der Waals surface area contributed by atoms with Gasteiger partial charge >= 0.3 is 0 Å². The molecule has 3 aromatic heterocycles.